The summed E-state index contributed by atoms with van der Waals surface area (Å²) in [5.41, 5.74) is 1.37. The Morgan fingerprint density at radius 2 is 2.00 bits per heavy atom. The number of rotatable bonds is 3. The quantitative estimate of drug-likeness (QED) is 0.924. The zero-order valence-corrected chi connectivity index (χ0v) is 15.1. The van der Waals surface area contributed by atoms with E-state index in [1.807, 2.05) is 17.0 Å². The third-order valence-corrected chi connectivity index (χ3v) is 4.44. The lowest BCUT2D eigenvalue weighted by Crippen LogP contribution is -2.44. The van der Waals surface area contributed by atoms with Gasteiger partial charge in [-0.3, -0.25) is 0 Å². The van der Waals surface area contributed by atoms with Crippen molar-refractivity contribution in [3.05, 3.63) is 24.0 Å². The van der Waals surface area contributed by atoms with Gasteiger partial charge in [0, 0.05) is 18.8 Å². The van der Waals surface area contributed by atoms with Crippen LogP contribution in [0.25, 0.3) is 5.69 Å². The Bertz CT molecular complexity index is 749. The van der Waals surface area contributed by atoms with E-state index in [9.17, 15) is 4.79 Å². The number of methoxy groups -OCH3 is 1. The first-order valence-electron chi connectivity index (χ1n) is 8.47. The predicted octanol–water partition coefficient (Wildman–Crippen LogP) is 2.49. The van der Waals surface area contributed by atoms with Gasteiger partial charge >= 0.3 is 6.03 Å². The van der Waals surface area contributed by atoms with Crippen LogP contribution < -0.4 is 10.1 Å². The molecule has 1 aliphatic rings. The van der Waals surface area contributed by atoms with E-state index in [0.717, 1.165) is 19.5 Å². The number of carbonyl (C=O) groups is 1. The zero-order valence-electron chi connectivity index (χ0n) is 15.1. The molecular formula is C17H24N6O2. The highest BCUT2D eigenvalue weighted by Gasteiger charge is 2.25. The van der Waals surface area contributed by atoms with Crippen LogP contribution in [0.2, 0.25) is 0 Å². The fourth-order valence-electron chi connectivity index (χ4n) is 3.42. The molecule has 0 unspecified atom stereocenters. The molecule has 1 saturated heterocycles. The highest BCUT2D eigenvalue weighted by molar-refractivity contribution is 5.90. The molecule has 2 amide bonds. The fourth-order valence-corrected chi connectivity index (χ4v) is 3.42. The molecule has 134 valence electrons. The number of amides is 2. The molecule has 1 aromatic carbocycles. The first-order valence-corrected chi connectivity index (χ1v) is 8.47. The van der Waals surface area contributed by atoms with Crippen LogP contribution in [0.3, 0.4) is 0 Å². The summed E-state index contributed by atoms with van der Waals surface area (Å²) in [7, 11) is 1.59. The van der Waals surface area contributed by atoms with E-state index < -0.39 is 0 Å². The van der Waals surface area contributed by atoms with Gasteiger partial charge in [-0.25, -0.2) is 4.79 Å². The number of nitrogens with one attached hydrogen (secondary N) is 1. The maximum atomic E-state index is 12.6. The van der Waals surface area contributed by atoms with Crippen LogP contribution in [0, 0.1) is 18.8 Å². The molecule has 8 nitrogen and oxygen atoms in total. The number of ether oxygens (including phenoxy) is 1. The second-order valence-corrected chi connectivity index (χ2v) is 6.81. The SMILES string of the molecule is COc1ccc(NC(=O)N2C[C@H](C)C[C@@H](C)C2)cc1-n1nnnc1C. The van der Waals surface area contributed by atoms with E-state index in [2.05, 4.69) is 34.7 Å². The van der Waals surface area contributed by atoms with Crippen molar-refractivity contribution < 1.29 is 9.53 Å². The van der Waals surface area contributed by atoms with Gasteiger partial charge in [0.15, 0.2) is 5.82 Å². The highest BCUT2D eigenvalue weighted by Crippen LogP contribution is 2.27. The molecule has 0 bridgehead atoms. The van der Waals surface area contributed by atoms with Crippen molar-refractivity contribution in [2.75, 3.05) is 25.5 Å². The Balaban J connectivity index is 1.81. The third kappa shape index (κ3) is 3.72. The minimum Gasteiger partial charge on any atom is -0.494 e. The van der Waals surface area contributed by atoms with E-state index in [1.54, 1.807) is 24.8 Å². The Morgan fingerprint density at radius 3 is 2.60 bits per heavy atom. The van der Waals surface area contributed by atoms with Crippen molar-refractivity contribution in [1.82, 2.24) is 25.1 Å². The van der Waals surface area contributed by atoms with Crippen molar-refractivity contribution in [2.24, 2.45) is 11.8 Å². The Hall–Kier alpha value is -2.64. The minimum atomic E-state index is -0.0806. The topological polar surface area (TPSA) is 85.2 Å². The molecular weight excluding hydrogens is 320 g/mol. The number of likely N-dealkylation sites (tertiary alicyclic amines) is 1. The number of hydrogen-bond donors (Lipinski definition) is 1. The lowest BCUT2D eigenvalue weighted by molar-refractivity contribution is 0.156. The Labute approximate surface area is 147 Å². The van der Waals surface area contributed by atoms with E-state index in [4.69, 9.17) is 4.74 Å². The number of nitrogens with zero attached hydrogens (tertiary/aromatic N) is 5. The van der Waals surface area contributed by atoms with Gasteiger partial charge in [0.25, 0.3) is 0 Å². The van der Waals surface area contributed by atoms with Gasteiger partial charge in [0.05, 0.1) is 7.11 Å². The van der Waals surface area contributed by atoms with Crippen molar-refractivity contribution in [2.45, 2.75) is 27.2 Å². The molecule has 1 aliphatic heterocycles. The molecule has 0 aliphatic carbocycles. The summed E-state index contributed by atoms with van der Waals surface area (Å²) < 4.78 is 6.97. The molecule has 0 saturated carbocycles. The van der Waals surface area contributed by atoms with E-state index >= 15 is 0 Å². The van der Waals surface area contributed by atoms with Crippen LogP contribution in [0.5, 0.6) is 5.75 Å². The average molecular weight is 344 g/mol. The van der Waals surface area contributed by atoms with Gasteiger partial charge in [-0.1, -0.05) is 13.8 Å². The summed E-state index contributed by atoms with van der Waals surface area (Å²) in [5.74, 6) is 2.31. The lowest BCUT2D eigenvalue weighted by Gasteiger charge is -2.34. The molecule has 2 atom stereocenters. The number of aromatic nitrogens is 4. The van der Waals surface area contributed by atoms with Gasteiger partial charge in [0.2, 0.25) is 0 Å². The first-order chi connectivity index (χ1) is 12.0. The number of piperidine rings is 1. The standard InChI is InChI=1S/C17H24N6O2/c1-11-7-12(2)10-22(9-11)17(24)18-14-5-6-16(25-4)15(8-14)23-13(3)19-20-21-23/h5-6,8,11-12H,7,9-10H2,1-4H3,(H,18,24)/t11-,12-/m1/s1. The number of aryl methyl sites for hydroxylation is 1. The number of hydrogen-bond acceptors (Lipinski definition) is 5. The second kappa shape index (κ2) is 7.08. The van der Waals surface area contributed by atoms with Crippen LogP contribution in [0.1, 0.15) is 26.1 Å². The van der Waals surface area contributed by atoms with Crippen LogP contribution in [-0.4, -0.2) is 51.3 Å². The summed E-state index contributed by atoms with van der Waals surface area (Å²) in [6.07, 6.45) is 1.16. The van der Waals surface area contributed by atoms with E-state index in [-0.39, 0.29) is 6.03 Å². The molecule has 25 heavy (non-hydrogen) atoms. The summed E-state index contributed by atoms with van der Waals surface area (Å²) in [5, 5.41) is 14.5. The summed E-state index contributed by atoms with van der Waals surface area (Å²) in [6.45, 7) is 7.74. The molecule has 0 radical (unpaired) electrons. The van der Waals surface area contributed by atoms with Crippen molar-refractivity contribution in [3.8, 4) is 11.4 Å². The second-order valence-electron chi connectivity index (χ2n) is 6.81. The van der Waals surface area contributed by atoms with Gasteiger partial charge in [-0.05, 0) is 53.8 Å². The summed E-state index contributed by atoms with van der Waals surface area (Å²) in [4.78, 5) is 14.5. The molecule has 1 fully saturated rings. The van der Waals surface area contributed by atoms with E-state index in [1.165, 1.54) is 0 Å². The molecule has 2 aromatic rings. The zero-order chi connectivity index (χ0) is 18.0. The van der Waals surface area contributed by atoms with Crippen LogP contribution >= 0.6 is 0 Å². The lowest BCUT2D eigenvalue weighted by atomic mass is 9.92. The van der Waals surface area contributed by atoms with Gasteiger partial charge in [-0.2, -0.15) is 4.68 Å². The number of carbonyl (C=O) groups excluding carboxylic acids is 1. The molecule has 8 heteroatoms. The first kappa shape index (κ1) is 17.2. The molecule has 1 aromatic heterocycles. The van der Waals surface area contributed by atoms with E-state index in [0.29, 0.717) is 34.8 Å². The fraction of sp³-hybridized carbons (Fsp3) is 0.529. The average Bonchev–Trinajstić information content (AvgIpc) is 2.99. The Morgan fingerprint density at radius 1 is 1.28 bits per heavy atom. The highest BCUT2D eigenvalue weighted by atomic mass is 16.5. The normalized spacial score (nSPS) is 20.4. The van der Waals surface area contributed by atoms with Crippen molar-refractivity contribution in [1.29, 1.82) is 0 Å². The molecule has 1 N–H and O–H groups in total. The minimum absolute atomic E-state index is 0.0806. The largest absolute Gasteiger partial charge is 0.494 e. The molecule has 0 spiro atoms. The van der Waals surface area contributed by atoms with Crippen LogP contribution in [0.15, 0.2) is 18.2 Å². The number of benzene rings is 1. The molecule has 3 rings (SSSR count). The predicted molar refractivity (Wildman–Crippen MR) is 94.0 cm³/mol. The van der Waals surface area contributed by atoms with Crippen LogP contribution in [-0.2, 0) is 0 Å². The number of urea groups is 1. The van der Waals surface area contributed by atoms with Gasteiger partial charge < -0.3 is 15.0 Å². The third-order valence-electron chi connectivity index (χ3n) is 4.44. The van der Waals surface area contributed by atoms with Gasteiger partial charge in [-0.15, -0.1) is 5.10 Å². The number of anilines is 1. The summed E-state index contributed by atoms with van der Waals surface area (Å²) in [6, 6.07) is 5.35. The number of tetrazole rings is 1. The maximum Gasteiger partial charge on any atom is 0.321 e. The van der Waals surface area contributed by atoms with Crippen molar-refractivity contribution >= 4 is 11.7 Å². The maximum absolute atomic E-state index is 12.6. The molecule has 2 heterocycles. The van der Waals surface area contributed by atoms with Crippen molar-refractivity contribution in [3.63, 3.8) is 0 Å². The Kier molecular flexibility index (Phi) is 4.87. The summed E-state index contributed by atoms with van der Waals surface area (Å²) >= 11 is 0. The van der Waals surface area contributed by atoms with Gasteiger partial charge in [0.1, 0.15) is 11.4 Å². The van der Waals surface area contributed by atoms with Crippen LogP contribution in [0.4, 0.5) is 10.5 Å². The monoisotopic (exact) mass is 344 g/mol. The smallest absolute Gasteiger partial charge is 0.321 e.